The molecular formula is C32H41NSiZr. The summed E-state index contributed by atoms with van der Waals surface area (Å²) in [5, 5.41) is 1.35. The number of benzene rings is 3. The molecule has 1 saturated carbocycles. The quantitative estimate of drug-likeness (QED) is 0.213. The van der Waals surface area contributed by atoms with Crippen LogP contribution in [0.4, 0.5) is 0 Å². The van der Waals surface area contributed by atoms with Crippen molar-refractivity contribution in [2.24, 2.45) is 5.92 Å². The van der Waals surface area contributed by atoms with Crippen LogP contribution in [0.3, 0.4) is 0 Å². The molecule has 35 heavy (non-hydrogen) atoms. The Hall–Kier alpha value is -1.80. The predicted molar refractivity (Wildman–Crippen MR) is 155 cm³/mol. The van der Waals surface area contributed by atoms with Gasteiger partial charge in [0.2, 0.25) is 0 Å². The molecule has 2 aliphatic carbocycles. The van der Waals surface area contributed by atoms with Gasteiger partial charge in [-0.3, -0.25) is 6.08 Å². The van der Waals surface area contributed by atoms with Crippen LogP contribution >= 0.6 is 0 Å². The van der Waals surface area contributed by atoms with Crippen LogP contribution in [0.5, 0.6) is 0 Å². The maximum absolute atomic E-state index is 6.91. The zero-order valence-electron chi connectivity index (χ0n) is 22.1. The first-order valence-electron chi connectivity index (χ1n) is 11.8. The first kappa shape index (κ1) is 33.2. The van der Waals surface area contributed by atoms with E-state index in [0.717, 1.165) is 12.8 Å². The van der Waals surface area contributed by atoms with Crippen LogP contribution < -0.4 is 5.19 Å². The Kier molecular flexibility index (Phi) is 17.5. The van der Waals surface area contributed by atoms with E-state index in [9.17, 15) is 0 Å². The second-order valence-electron chi connectivity index (χ2n) is 8.64. The molecule has 2 radical (unpaired) electrons. The normalized spacial score (nSPS) is 15.7. The molecular weight excluding hydrogens is 518 g/mol. The zero-order valence-corrected chi connectivity index (χ0v) is 26.0. The van der Waals surface area contributed by atoms with Crippen molar-refractivity contribution in [3.8, 4) is 11.1 Å². The van der Waals surface area contributed by atoms with Gasteiger partial charge in [-0.25, -0.2) is 5.57 Å². The van der Waals surface area contributed by atoms with Gasteiger partial charge in [0.25, 0.3) is 0 Å². The van der Waals surface area contributed by atoms with E-state index in [4.69, 9.17) is 5.73 Å². The fraction of sp³-hybridized carbons (Fsp3) is 0.281. The van der Waals surface area contributed by atoms with Gasteiger partial charge in [-0.2, -0.15) is 11.1 Å². The van der Waals surface area contributed by atoms with Gasteiger partial charge in [-0.05, 0) is 11.1 Å². The van der Waals surface area contributed by atoms with E-state index in [1.807, 2.05) is 40.6 Å². The molecule has 1 unspecified atom stereocenters. The summed E-state index contributed by atoms with van der Waals surface area (Å²) in [4.78, 5) is 0. The molecule has 0 heterocycles. The molecule has 1 fully saturated rings. The van der Waals surface area contributed by atoms with Gasteiger partial charge in [0.05, 0.1) is 0 Å². The summed E-state index contributed by atoms with van der Waals surface area (Å²) in [6.45, 7) is 8.67. The Morgan fingerprint density at radius 2 is 1.11 bits per heavy atom. The molecule has 0 aromatic heterocycles. The minimum Gasteiger partial charge on any atom is -0.675 e. The zero-order chi connectivity index (χ0) is 24.1. The Bertz CT molecular complexity index is 956. The van der Waals surface area contributed by atoms with Crippen molar-refractivity contribution >= 4 is 15.4 Å². The van der Waals surface area contributed by atoms with Crippen LogP contribution in [-0.2, 0) is 26.2 Å². The molecule has 1 N–H and O–H groups in total. The third-order valence-electron chi connectivity index (χ3n) is 6.07. The summed E-state index contributed by atoms with van der Waals surface area (Å²) in [6, 6.07) is 31.4. The topological polar surface area (TPSA) is 23.8 Å². The van der Waals surface area contributed by atoms with E-state index in [-0.39, 0.29) is 33.6 Å². The Morgan fingerprint density at radius 3 is 1.29 bits per heavy atom. The molecule has 0 aliphatic heterocycles. The van der Waals surface area contributed by atoms with Gasteiger partial charge in [0.1, 0.15) is 0 Å². The van der Waals surface area contributed by atoms with Gasteiger partial charge in [0, 0.05) is 10.2 Å². The first-order valence-corrected chi connectivity index (χ1v) is 12.6. The van der Waals surface area contributed by atoms with Gasteiger partial charge < -0.3 is 13.2 Å². The van der Waals surface area contributed by atoms with Crippen molar-refractivity contribution in [3.05, 3.63) is 127 Å². The average Bonchev–Trinajstić information content (AvgIpc) is 3.06. The Balaban J connectivity index is 0.000000452. The number of rotatable bonds is 1. The van der Waals surface area contributed by atoms with Gasteiger partial charge >= 0.3 is 26.2 Å². The largest absolute Gasteiger partial charge is 3.00 e. The third kappa shape index (κ3) is 12.6. The van der Waals surface area contributed by atoms with Crippen molar-refractivity contribution in [3.63, 3.8) is 0 Å². The van der Waals surface area contributed by atoms with E-state index < -0.39 is 0 Å². The smallest absolute Gasteiger partial charge is 0.675 e. The number of hydrogen-bond acceptors (Lipinski definition) is 0. The van der Waals surface area contributed by atoms with Crippen LogP contribution in [0.15, 0.2) is 108 Å². The molecule has 3 aromatic rings. The summed E-state index contributed by atoms with van der Waals surface area (Å²) in [5.74, 6) is 0.560. The molecule has 3 aromatic carbocycles. The maximum atomic E-state index is 6.91. The summed E-state index contributed by atoms with van der Waals surface area (Å²) in [5.41, 5.74) is 13.7. The van der Waals surface area contributed by atoms with E-state index >= 15 is 0 Å². The molecule has 0 amide bonds. The van der Waals surface area contributed by atoms with Crippen molar-refractivity contribution in [1.82, 2.24) is 0 Å². The monoisotopic (exact) mass is 557 g/mol. The number of nitrogens with one attached hydrogen (secondary N) is 1. The summed E-state index contributed by atoms with van der Waals surface area (Å²) in [6.07, 6.45) is 6.96. The van der Waals surface area contributed by atoms with Crippen molar-refractivity contribution < 1.29 is 26.2 Å². The third-order valence-corrected chi connectivity index (χ3v) is 6.54. The first-order chi connectivity index (χ1) is 15.9. The van der Waals surface area contributed by atoms with Gasteiger partial charge in [-0.15, -0.1) is 13.0 Å². The van der Waals surface area contributed by atoms with Crippen molar-refractivity contribution in [2.75, 3.05) is 0 Å². The number of allylic oxidation sites excluding steroid dienone is 4. The Morgan fingerprint density at radius 1 is 0.743 bits per heavy atom. The summed E-state index contributed by atoms with van der Waals surface area (Å²) >= 11 is 0. The fourth-order valence-electron chi connectivity index (χ4n) is 3.31. The minimum atomic E-state index is 0. The molecule has 1 atom stereocenters. The molecule has 0 saturated heterocycles. The SMILES string of the molecule is CC1=[C-]C(C)C(C)=C1C.[CH3-].[NH-]C1CCC1.[SiH2]c1ccccc1.[Zr+3].c1ccc(-c2ccccc2)cc1. The molecule has 3 heteroatoms. The van der Waals surface area contributed by atoms with Crippen LogP contribution in [0, 0.1) is 19.4 Å². The molecule has 0 spiro atoms. The van der Waals surface area contributed by atoms with E-state index in [1.165, 1.54) is 39.5 Å². The number of hydrogen-bond donors (Lipinski definition) is 0. The Labute approximate surface area is 237 Å². The minimum absolute atomic E-state index is 0. The van der Waals surface area contributed by atoms with E-state index in [1.54, 1.807) is 0 Å². The molecule has 2 aliphatic rings. The van der Waals surface area contributed by atoms with Crippen LogP contribution in [0.2, 0.25) is 0 Å². The van der Waals surface area contributed by atoms with E-state index in [0.29, 0.717) is 12.0 Å². The van der Waals surface area contributed by atoms with Crippen molar-refractivity contribution in [1.29, 1.82) is 0 Å². The van der Waals surface area contributed by atoms with E-state index in [2.05, 4.69) is 94.4 Å². The van der Waals surface area contributed by atoms with Crippen molar-refractivity contribution in [2.45, 2.75) is 53.0 Å². The second kappa shape index (κ2) is 18.5. The average molecular weight is 559 g/mol. The predicted octanol–water partition coefficient (Wildman–Crippen LogP) is 8.06. The summed E-state index contributed by atoms with van der Waals surface area (Å²) in [7, 11) is 1.90. The van der Waals surface area contributed by atoms with Crippen LogP contribution in [0.25, 0.3) is 16.9 Å². The van der Waals surface area contributed by atoms with Crippen LogP contribution in [0.1, 0.15) is 47.0 Å². The standard InChI is InChI=1S/C12H10.C9H13.C6H7Si.C4H8N.CH3.Zr/c1-3-7-11(8-4-1)12-9-5-2-6-10-12;1-6-5-7(2)9(4)8(6)3;7-6-4-2-1-3-5-6;5-4-2-1-3-4;;/h1-10H;6H,1-4H3;1-5H,7H2;4-5H,1-3H2;1H3;/q;-1;;2*-1;+3. The van der Waals surface area contributed by atoms with Gasteiger partial charge in [-0.1, -0.05) is 142 Å². The fourth-order valence-corrected chi connectivity index (χ4v) is 3.58. The molecule has 5 rings (SSSR count). The molecule has 182 valence electrons. The molecule has 1 nitrogen and oxygen atoms in total. The second-order valence-corrected chi connectivity index (χ2v) is 9.46. The summed E-state index contributed by atoms with van der Waals surface area (Å²) < 4.78 is 0. The molecule has 0 bridgehead atoms. The van der Waals surface area contributed by atoms with Gasteiger partial charge in [0.15, 0.2) is 0 Å². The maximum Gasteiger partial charge on any atom is 3.00 e. The van der Waals surface area contributed by atoms with Crippen LogP contribution in [-0.4, -0.2) is 16.3 Å².